The predicted octanol–water partition coefficient (Wildman–Crippen LogP) is 2.18. The van der Waals surface area contributed by atoms with Crippen molar-refractivity contribution in [2.45, 2.75) is 13.0 Å². The lowest BCUT2D eigenvalue weighted by Crippen LogP contribution is -2.50. The minimum absolute atomic E-state index is 0.0891. The van der Waals surface area contributed by atoms with E-state index in [1.54, 1.807) is 6.92 Å². The van der Waals surface area contributed by atoms with E-state index in [0.29, 0.717) is 6.54 Å². The van der Waals surface area contributed by atoms with Gasteiger partial charge in [-0.05, 0) is 6.92 Å². The van der Waals surface area contributed by atoms with Crippen molar-refractivity contribution in [3.8, 4) is 0 Å². The zero-order chi connectivity index (χ0) is 13.4. The van der Waals surface area contributed by atoms with Crippen molar-refractivity contribution in [1.82, 2.24) is 5.32 Å². The number of rotatable bonds is 1. The third kappa shape index (κ3) is 2.03. The van der Waals surface area contributed by atoms with Crippen molar-refractivity contribution >= 4 is 5.69 Å². The Kier molecular flexibility index (Phi) is 3.43. The first-order valence-electron chi connectivity index (χ1n) is 5.43. The number of benzene rings is 1. The second-order valence-electron chi connectivity index (χ2n) is 4.22. The lowest BCUT2D eigenvalue weighted by Gasteiger charge is -2.34. The van der Waals surface area contributed by atoms with Crippen molar-refractivity contribution < 1.29 is 22.0 Å². The van der Waals surface area contributed by atoms with Crippen molar-refractivity contribution in [2.75, 3.05) is 24.5 Å². The highest BCUT2D eigenvalue weighted by Gasteiger charge is 2.30. The van der Waals surface area contributed by atoms with Crippen LogP contribution in [0.1, 0.15) is 6.92 Å². The molecule has 0 radical (unpaired) electrons. The van der Waals surface area contributed by atoms with Gasteiger partial charge in [0, 0.05) is 25.7 Å². The first kappa shape index (κ1) is 13.1. The smallest absolute Gasteiger partial charge is 0.200 e. The molecule has 1 saturated heterocycles. The molecule has 2 nitrogen and oxygen atoms in total. The fourth-order valence-electron chi connectivity index (χ4n) is 2.01. The molecule has 7 heteroatoms. The summed E-state index contributed by atoms with van der Waals surface area (Å²) in [6, 6.07) is -0.0891. The highest BCUT2D eigenvalue weighted by molar-refractivity contribution is 5.51. The molecule has 1 heterocycles. The number of hydrogen-bond donors (Lipinski definition) is 1. The van der Waals surface area contributed by atoms with Gasteiger partial charge < -0.3 is 10.2 Å². The van der Waals surface area contributed by atoms with Crippen LogP contribution in [-0.2, 0) is 0 Å². The average molecular weight is 266 g/mol. The minimum Gasteiger partial charge on any atom is -0.364 e. The molecule has 100 valence electrons. The molecule has 1 aromatic rings. The van der Waals surface area contributed by atoms with Gasteiger partial charge in [0.15, 0.2) is 23.3 Å². The number of piperazine rings is 1. The quantitative estimate of drug-likeness (QED) is 0.476. The molecule has 1 aromatic carbocycles. The molecule has 1 N–H and O–H groups in total. The number of nitrogens with one attached hydrogen (secondary N) is 1. The van der Waals surface area contributed by atoms with E-state index in [4.69, 9.17) is 0 Å². The molecule has 0 unspecified atom stereocenters. The molecule has 2 rings (SSSR count). The van der Waals surface area contributed by atoms with Gasteiger partial charge in [-0.15, -0.1) is 0 Å². The van der Waals surface area contributed by atoms with Gasteiger partial charge in [-0.25, -0.2) is 22.0 Å². The van der Waals surface area contributed by atoms with Crippen molar-refractivity contribution in [2.24, 2.45) is 0 Å². The van der Waals surface area contributed by atoms with Gasteiger partial charge in [-0.1, -0.05) is 0 Å². The van der Waals surface area contributed by atoms with E-state index < -0.39 is 34.8 Å². The molecule has 0 bridgehead atoms. The summed E-state index contributed by atoms with van der Waals surface area (Å²) in [4.78, 5) is 1.16. The summed E-state index contributed by atoms with van der Waals surface area (Å²) in [6.45, 7) is 2.54. The van der Waals surface area contributed by atoms with Gasteiger partial charge in [-0.2, -0.15) is 0 Å². The first-order valence-corrected chi connectivity index (χ1v) is 5.43. The molecule has 1 atom stereocenters. The van der Waals surface area contributed by atoms with Crippen LogP contribution in [0.3, 0.4) is 0 Å². The van der Waals surface area contributed by atoms with Crippen LogP contribution < -0.4 is 10.2 Å². The number of halogens is 5. The lowest BCUT2D eigenvalue weighted by molar-refractivity contribution is 0.373. The minimum atomic E-state index is -2.13. The Hall–Kier alpha value is -1.37. The lowest BCUT2D eigenvalue weighted by atomic mass is 10.1. The maximum Gasteiger partial charge on any atom is 0.200 e. The second-order valence-corrected chi connectivity index (χ2v) is 4.22. The third-order valence-electron chi connectivity index (χ3n) is 2.87. The molecule has 0 aliphatic carbocycles. The average Bonchev–Trinajstić information content (AvgIpc) is 2.34. The molecule has 1 fully saturated rings. The molecular weight excluding hydrogens is 255 g/mol. The predicted molar refractivity (Wildman–Crippen MR) is 55.9 cm³/mol. The summed E-state index contributed by atoms with van der Waals surface area (Å²) >= 11 is 0. The summed E-state index contributed by atoms with van der Waals surface area (Å²) in [5.41, 5.74) is -0.847. The van der Waals surface area contributed by atoms with E-state index in [9.17, 15) is 22.0 Å². The Labute approximate surface area is 100 Å². The Bertz CT molecular complexity index is 448. The summed E-state index contributed by atoms with van der Waals surface area (Å²) in [6.07, 6.45) is 0. The van der Waals surface area contributed by atoms with E-state index >= 15 is 0 Å². The van der Waals surface area contributed by atoms with Crippen LogP contribution in [0, 0.1) is 29.1 Å². The largest absolute Gasteiger partial charge is 0.364 e. The monoisotopic (exact) mass is 266 g/mol. The molecule has 0 amide bonds. The zero-order valence-corrected chi connectivity index (χ0v) is 9.54. The van der Waals surface area contributed by atoms with Crippen molar-refractivity contribution in [3.05, 3.63) is 29.1 Å². The molecule has 0 spiro atoms. The zero-order valence-electron chi connectivity index (χ0n) is 9.54. The molecule has 0 saturated carbocycles. The second kappa shape index (κ2) is 4.72. The SMILES string of the molecule is C[C@H]1CN(c2c(F)c(F)c(F)c(F)c2F)CCN1. The van der Waals surface area contributed by atoms with Crippen LogP contribution in [0.5, 0.6) is 0 Å². The summed E-state index contributed by atoms with van der Waals surface area (Å²) in [5.74, 6) is -9.50. The van der Waals surface area contributed by atoms with E-state index in [-0.39, 0.29) is 19.1 Å². The van der Waals surface area contributed by atoms with Gasteiger partial charge in [0.05, 0.1) is 0 Å². The highest BCUT2D eigenvalue weighted by atomic mass is 19.2. The summed E-state index contributed by atoms with van der Waals surface area (Å²) < 4.78 is 66.0. The summed E-state index contributed by atoms with van der Waals surface area (Å²) in [5, 5.41) is 3.01. The van der Waals surface area contributed by atoms with Crippen molar-refractivity contribution in [3.63, 3.8) is 0 Å². The number of hydrogen-bond acceptors (Lipinski definition) is 2. The van der Waals surface area contributed by atoms with Gasteiger partial charge in [0.1, 0.15) is 5.69 Å². The van der Waals surface area contributed by atoms with Gasteiger partial charge >= 0.3 is 0 Å². The maximum absolute atomic E-state index is 13.5. The van der Waals surface area contributed by atoms with Crippen LogP contribution in [0.2, 0.25) is 0 Å². The van der Waals surface area contributed by atoms with Crippen LogP contribution in [0.25, 0.3) is 0 Å². The van der Waals surface area contributed by atoms with Crippen molar-refractivity contribution in [1.29, 1.82) is 0 Å². The normalized spacial score (nSPS) is 20.3. The number of anilines is 1. The van der Waals surface area contributed by atoms with Gasteiger partial charge in [0.25, 0.3) is 0 Å². The van der Waals surface area contributed by atoms with Crippen LogP contribution in [0.4, 0.5) is 27.6 Å². The topological polar surface area (TPSA) is 15.3 Å². The van der Waals surface area contributed by atoms with Crippen LogP contribution in [0.15, 0.2) is 0 Å². The van der Waals surface area contributed by atoms with E-state index in [1.165, 1.54) is 0 Å². The molecular formula is C11H11F5N2. The standard InChI is InChI=1S/C11H11F5N2/c1-5-4-18(3-2-17-5)11-9(15)7(13)6(12)8(14)10(11)16/h5,17H,2-4H2,1H3/t5-/m0/s1. The van der Waals surface area contributed by atoms with Crippen LogP contribution in [-0.4, -0.2) is 25.7 Å². The highest BCUT2D eigenvalue weighted by Crippen LogP contribution is 2.30. The maximum atomic E-state index is 13.5. The fraction of sp³-hybridized carbons (Fsp3) is 0.455. The van der Waals surface area contributed by atoms with Gasteiger partial charge in [0.2, 0.25) is 5.82 Å². The van der Waals surface area contributed by atoms with E-state index in [2.05, 4.69) is 5.32 Å². The van der Waals surface area contributed by atoms with E-state index in [1.807, 2.05) is 0 Å². The molecule has 1 aliphatic rings. The number of nitrogens with zero attached hydrogens (tertiary/aromatic N) is 1. The third-order valence-corrected chi connectivity index (χ3v) is 2.87. The first-order chi connectivity index (χ1) is 8.43. The Balaban J connectivity index is 2.50. The Morgan fingerprint density at radius 2 is 1.44 bits per heavy atom. The van der Waals surface area contributed by atoms with Crippen LogP contribution >= 0.6 is 0 Å². The summed E-state index contributed by atoms with van der Waals surface area (Å²) in [7, 11) is 0. The molecule has 0 aromatic heterocycles. The fourth-order valence-corrected chi connectivity index (χ4v) is 2.01. The van der Waals surface area contributed by atoms with E-state index in [0.717, 1.165) is 4.90 Å². The molecule has 1 aliphatic heterocycles. The molecule has 18 heavy (non-hydrogen) atoms. The Morgan fingerprint density at radius 1 is 0.944 bits per heavy atom. The van der Waals surface area contributed by atoms with Gasteiger partial charge in [-0.3, -0.25) is 0 Å². The Morgan fingerprint density at radius 3 is 1.94 bits per heavy atom.